The summed E-state index contributed by atoms with van der Waals surface area (Å²) >= 11 is 0. The van der Waals surface area contributed by atoms with Crippen molar-refractivity contribution in [3.8, 4) is 0 Å². The van der Waals surface area contributed by atoms with Crippen molar-refractivity contribution in [1.82, 2.24) is 4.90 Å². The molecule has 9 unspecified atom stereocenters. The SMILES string of the molecule is CC(=O)O[C@@H](C1CCC2C(CC3C4CCC5C(C)(C)[C@@H](OC6CN(C7COC7)CCO6)CCC56C[C@@]46CCC23C)O1)C(C)(C)O.S. The number of morpholine rings is 1. The first-order chi connectivity index (χ1) is 21.3. The Morgan fingerprint density at radius 3 is 2.43 bits per heavy atom. The van der Waals surface area contributed by atoms with E-state index in [4.69, 9.17) is 23.7 Å². The van der Waals surface area contributed by atoms with E-state index < -0.39 is 11.7 Å². The molecule has 8 rings (SSSR count). The van der Waals surface area contributed by atoms with Crippen LogP contribution in [0.25, 0.3) is 0 Å². The number of fused-ring (bicyclic) bond motifs is 4. The van der Waals surface area contributed by atoms with Crippen molar-refractivity contribution >= 4 is 19.5 Å². The van der Waals surface area contributed by atoms with Crippen LogP contribution in [-0.4, -0.2) is 91.2 Å². The molecule has 3 heterocycles. The predicted octanol–water partition coefficient (Wildman–Crippen LogP) is 5.45. The molecule has 8 fully saturated rings. The third kappa shape index (κ3) is 5.01. The number of hydrogen-bond acceptors (Lipinski definition) is 8. The zero-order chi connectivity index (χ0) is 31.6. The second-order valence-corrected chi connectivity index (χ2v) is 18.1. The fraction of sp³-hybridized carbons (Fsp3) is 0.973. The third-order valence-electron chi connectivity index (χ3n) is 15.4. The molecule has 0 aromatic rings. The van der Waals surface area contributed by atoms with E-state index >= 15 is 0 Å². The highest BCUT2D eigenvalue weighted by atomic mass is 32.1. The first kappa shape index (κ1) is 34.0. The van der Waals surface area contributed by atoms with Crippen molar-refractivity contribution in [2.24, 2.45) is 45.3 Å². The Bertz CT molecular complexity index is 1170. The van der Waals surface area contributed by atoms with Gasteiger partial charge in [0.1, 0.15) is 0 Å². The fourth-order valence-corrected chi connectivity index (χ4v) is 13.2. The number of nitrogens with zero attached hydrogens (tertiary/aromatic N) is 1. The minimum absolute atomic E-state index is 0. The predicted molar refractivity (Wildman–Crippen MR) is 179 cm³/mol. The van der Waals surface area contributed by atoms with Gasteiger partial charge in [0, 0.05) is 13.5 Å². The van der Waals surface area contributed by atoms with E-state index in [0.29, 0.717) is 40.0 Å². The second-order valence-electron chi connectivity index (χ2n) is 18.1. The van der Waals surface area contributed by atoms with Gasteiger partial charge in [-0.3, -0.25) is 9.69 Å². The normalized spacial score (nSPS) is 48.7. The maximum atomic E-state index is 11.9. The zero-order valence-electron chi connectivity index (χ0n) is 29.2. The molecule has 3 saturated heterocycles. The molecule has 0 aromatic carbocycles. The highest BCUT2D eigenvalue weighted by Gasteiger charge is 2.80. The fourth-order valence-electron chi connectivity index (χ4n) is 13.2. The second kappa shape index (κ2) is 11.6. The summed E-state index contributed by atoms with van der Waals surface area (Å²) in [6.45, 7) is 16.8. The van der Waals surface area contributed by atoms with Gasteiger partial charge >= 0.3 is 5.97 Å². The van der Waals surface area contributed by atoms with Gasteiger partial charge < -0.3 is 28.8 Å². The summed E-state index contributed by atoms with van der Waals surface area (Å²) in [5.41, 5.74) is 0.290. The van der Waals surface area contributed by atoms with E-state index in [1.54, 1.807) is 13.8 Å². The number of hydrogen-bond donors (Lipinski definition) is 1. The highest BCUT2D eigenvalue weighted by molar-refractivity contribution is 7.59. The van der Waals surface area contributed by atoms with E-state index in [1.807, 2.05) is 0 Å². The smallest absolute Gasteiger partial charge is 0.303 e. The maximum Gasteiger partial charge on any atom is 0.303 e. The van der Waals surface area contributed by atoms with E-state index in [0.717, 1.165) is 64.5 Å². The molecule has 8 nitrogen and oxygen atoms in total. The summed E-state index contributed by atoms with van der Waals surface area (Å²) < 4.78 is 31.1. The van der Waals surface area contributed by atoms with Crippen LogP contribution in [0.2, 0.25) is 0 Å². The molecule has 3 aliphatic heterocycles. The largest absolute Gasteiger partial charge is 0.457 e. The molecule has 1 N–H and O–H groups in total. The van der Waals surface area contributed by atoms with Crippen molar-refractivity contribution in [2.45, 2.75) is 148 Å². The van der Waals surface area contributed by atoms with Crippen LogP contribution in [0.15, 0.2) is 0 Å². The first-order valence-corrected chi connectivity index (χ1v) is 18.4. The first-order valence-electron chi connectivity index (χ1n) is 18.4. The lowest BCUT2D eigenvalue weighted by Crippen LogP contribution is -2.58. The molecule has 0 aromatic heterocycles. The van der Waals surface area contributed by atoms with Crippen LogP contribution in [0.1, 0.15) is 106 Å². The number of aliphatic hydroxyl groups is 1. The lowest BCUT2D eigenvalue weighted by molar-refractivity contribution is -0.253. The van der Waals surface area contributed by atoms with Crippen LogP contribution in [0.3, 0.4) is 0 Å². The summed E-state index contributed by atoms with van der Waals surface area (Å²) in [7, 11) is 0. The lowest BCUT2D eigenvalue weighted by Gasteiger charge is -2.60. The van der Waals surface area contributed by atoms with Gasteiger partial charge in [-0.05, 0) is 123 Å². The number of rotatable bonds is 6. The van der Waals surface area contributed by atoms with Gasteiger partial charge in [0.15, 0.2) is 12.4 Å². The van der Waals surface area contributed by atoms with Crippen LogP contribution in [0.5, 0.6) is 0 Å². The molecule has 8 aliphatic rings. The molecule has 9 heteroatoms. The summed E-state index contributed by atoms with van der Waals surface area (Å²) in [4.78, 5) is 14.5. The Hall–Kier alpha value is -0.420. The van der Waals surface area contributed by atoms with Gasteiger partial charge in [-0.25, -0.2) is 0 Å². The van der Waals surface area contributed by atoms with Gasteiger partial charge in [0.2, 0.25) is 0 Å². The summed E-state index contributed by atoms with van der Waals surface area (Å²) in [5, 5.41) is 10.9. The van der Waals surface area contributed by atoms with Crippen LogP contribution in [0, 0.1) is 45.3 Å². The van der Waals surface area contributed by atoms with E-state index in [9.17, 15) is 9.90 Å². The monoisotopic (exact) mass is 663 g/mol. The molecule has 0 bridgehead atoms. The van der Waals surface area contributed by atoms with Gasteiger partial charge in [0.25, 0.3) is 0 Å². The summed E-state index contributed by atoms with van der Waals surface area (Å²) in [6, 6.07) is 0.536. The van der Waals surface area contributed by atoms with E-state index in [-0.39, 0.29) is 49.5 Å². The molecular weight excluding hydrogens is 602 g/mol. The molecule has 5 saturated carbocycles. The quantitative estimate of drug-likeness (QED) is 0.376. The van der Waals surface area contributed by atoms with Crippen molar-refractivity contribution in [3.05, 3.63) is 0 Å². The Kier molecular flexibility index (Phi) is 8.56. The average molecular weight is 664 g/mol. The van der Waals surface area contributed by atoms with Gasteiger partial charge in [-0.1, -0.05) is 20.8 Å². The summed E-state index contributed by atoms with van der Waals surface area (Å²) in [6.07, 6.45) is 11.7. The average Bonchev–Trinajstić information content (AvgIpc) is 3.52. The Labute approximate surface area is 283 Å². The standard InChI is InChI=1S/C37H59NO7.H2S/c1-22(39)43-32(34(4,5)40)27-9-7-25-28(44-27)17-26-24-8-10-29-33(2,3)30(45-31-18-38(15-16-42-31)23-19-41-20-23)11-12-37(29)21-36(24,37)14-13-35(25,26)6;/h23-32,40H,7-21H2,1-6H3;1H2/t24?,25?,26?,27?,28?,29?,30-,31?,32-,35?,36-,37?;/m0./s1. The van der Waals surface area contributed by atoms with Crippen LogP contribution in [-0.2, 0) is 28.5 Å². The van der Waals surface area contributed by atoms with Crippen LogP contribution < -0.4 is 0 Å². The van der Waals surface area contributed by atoms with Crippen molar-refractivity contribution < 1.29 is 33.6 Å². The molecule has 262 valence electrons. The molecule has 5 aliphatic carbocycles. The Morgan fingerprint density at radius 2 is 1.74 bits per heavy atom. The number of carbonyl (C=O) groups is 1. The molecule has 12 atom stereocenters. The number of esters is 1. The topological polar surface area (TPSA) is 86.7 Å². The van der Waals surface area contributed by atoms with Crippen LogP contribution >= 0.6 is 13.5 Å². The third-order valence-corrected chi connectivity index (χ3v) is 15.4. The Morgan fingerprint density at radius 1 is 0.978 bits per heavy atom. The van der Waals surface area contributed by atoms with Gasteiger partial charge in [-0.2, -0.15) is 13.5 Å². The van der Waals surface area contributed by atoms with Crippen molar-refractivity contribution in [2.75, 3.05) is 32.9 Å². The molecule has 46 heavy (non-hydrogen) atoms. The minimum Gasteiger partial charge on any atom is -0.457 e. The highest BCUT2D eigenvalue weighted by Crippen LogP contribution is 2.87. The number of carbonyl (C=O) groups excluding carboxylic acids is 1. The lowest BCUT2D eigenvalue weighted by atomic mass is 9.46. The molecule has 0 radical (unpaired) electrons. The summed E-state index contributed by atoms with van der Waals surface area (Å²) in [5.74, 6) is 2.41. The van der Waals surface area contributed by atoms with Crippen LogP contribution in [0.4, 0.5) is 0 Å². The van der Waals surface area contributed by atoms with E-state index in [2.05, 4.69) is 25.7 Å². The van der Waals surface area contributed by atoms with Crippen molar-refractivity contribution in [1.29, 1.82) is 0 Å². The Balaban J connectivity index is 0.00000338. The molecular formula is C37H61NO7S. The molecule has 2 spiro atoms. The van der Waals surface area contributed by atoms with Gasteiger partial charge in [-0.15, -0.1) is 0 Å². The maximum absolute atomic E-state index is 11.9. The van der Waals surface area contributed by atoms with E-state index in [1.165, 1.54) is 45.4 Å². The zero-order valence-corrected chi connectivity index (χ0v) is 30.2. The minimum atomic E-state index is -1.13. The van der Waals surface area contributed by atoms with Gasteiger partial charge in [0.05, 0.1) is 56.3 Å². The van der Waals surface area contributed by atoms with Crippen molar-refractivity contribution in [3.63, 3.8) is 0 Å². The molecule has 0 amide bonds. The number of ether oxygens (including phenoxy) is 5.